The Hall–Kier alpha value is -1.94. The molecule has 0 radical (unpaired) electrons. The molecule has 1 fully saturated rings. The standard InChI is InChI=1S/C18H21ClN4O4S/c19-13-1-3-14(4-2-13)28(25,26)23-7-5-15-16(6-8-23)20-18(21-17(15)24)22-9-11-27-12-10-22/h1-4H,5-12H2,(H,20,21,24). The summed E-state index contributed by atoms with van der Waals surface area (Å²) < 4.78 is 32.7. The summed E-state index contributed by atoms with van der Waals surface area (Å²) in [7, 11) is -3.66. The number of anilines is 1. The van der Waals surface area contributed by atoms with Gasteiger partial charge in [0.05, 0.1) is 23.8 Å². The highest BCUT2D eigenvalue weighted by molar-refractivity contribution is 7.89. The molecule has 0 bridgehead atoms. The maximum atomic E-state index is 13.0. The predicted molar refractivity (Wildman–Crippen MR) is 106 cm³/mol. The molecule has 10 heteroatoms. The van der Waals surface area contributed by atoms with Crippen LogP contribution in [0.3, 0.4) is 0 Å². The summed E-state index contributed by atoms with van der Waals surface area (Å²) in [5, 5.41) is 0.480. The molecule has 2 aliphatic rings. The number of nitrogens with one attached hydrogen (secondary N) is 1. The highest BCUT2D eigenvalue weighted by atomic mass is 35.5. The molecule has 0 saturated carbocycles. The normalized spacial score (nSPS) is 18.5. The lowest BCUT2D eigenvalue weighted by Crippen LogP contribution is -2.38. The second-order valence-corrected chi connectivity index (χ2v) is 9.15. The Morgan fingerprint density at radius 2 is 1.71 bits per heavy atom. The van der Waals surface area contributed by atoms with E-state index in [-0.39, 0.29) is 23.5 Å². The molecule has 0 amide bonds. The van der Waals surface area contributed by atoms with E-state index in [0.29, 0.717) is 61.4 Å². The van der Waals surface area contributed by atoms with Crippen LogP contribution < -0.4 is 10.5 Å². The third kappa shape index (κ3) is 3.80. The van der Waals surface area contributed by atoms with Gasteiger partial charge in [-0.3, -0.25) is 9.78 Å². The topological polar surface area (TPSA) is 95.6 Å². The molecule has 150 valence electrons. The second-order valence-electron chi connectivity index (χ2n) is 6.77. The number of benzene rings is 1. The Bertz CT molecular complexity index is 1020. The van der Waals surface area contributed by atoms with Gasteiger partial charge in [-0.1, -0.05) is 11.6 Å². The fourth-order valence-electron chi connectivity index (χ4n) is 3.50. The molecule has 3 heterocycles. The number of hydrogen-bond acceptors (Lipinski definition) is 6. The minimum Gasteiger partial charge on any atom is -0.378 e. The first-order chi connectivity index (χ1) is 13.4. The van der Waals surface area contributed by atoms with E-state index >= 15 is 0 Å². The number of aromatic amines is 1. The zero-order chi connectivity index (χ0) is 19.7. The Morgan fingerprint density at radius 3 is 2.43 bits per heavy atom. The van der Waals surface area contributed by atoms with Crippen LogP contribution in [0.4, 0.5) is 5.95 Å². The molecule has 2 aliphatic heterocycles. The van der Waals surface area contributed by atoms with Gasteiger partial charge in [0, 0.05) is 43.2 Å². The SMILES string of the molecule is O=c1[nH]c(N2CCOCC2)nc2c1CCN(S(=O)(=O)c1ccc(Cl)cc1)CC2. The second kappa shape index (κ2) is 7.82. The molecular formula is C18H21ClN4O4S. The van der Waals surface area contributed by atoms with E-state index in [9.17, 15) is 13.2 Å². The number of morpholine rings is 1. The molecule has 8 nitrogen and oxygen atoms in total. The number of rotatable bonds is 3. The lowest BCUT2D eigenvalue weighted by Gasteiger charge is -2.27. The lowest BCUT2D eigenvalue weighted by molar-refractivity contribution is 0.122. The molecule has 1 aromatic carbocycles. The van der Waals surface area contributed by atoms with Crippen molar-refractivity contribution in [1.82, 2.24) is 14.3 Å². The van der Waals surface area contributed by atoms with Crippen molar-refractivity contribution in [3.8, 4) is 0 Å². The highest BCUT2D eigenvalue weighted by Gasteiger charge is 2.28. The van der Waals surface area contributed by atoms with Gasteiger partial charge < -0.3 is 9.64 Å². The van der Waals surface area contributed by atoms with Crippen LogP contribution in [0.15, 0.2) is 34.0 Å². The zero-order valence-electron chi connectivity index (χ0n) is 15.2. The van der Waals surface area contributed by atoms with Crippen molar-refractivity contribution < 1.29 is 13.2 Å². The first kappa shape index (κ1) is 19.4. The summed E-state index contributed by atoms with van der Waals surface area (Å²) in [6.45, 7) is 3.02. The summed E-state index contributed by atoms with van der Waals surface area (Å²) in [5.74, 6) is 0.529. The zero-order valence-corrected chi connectivity index (χ0v) is 16.8. The fourth-order valence-corrected chi connectivity index (χ4v) is 5.06. The van der Waals surface area contributed by atoms with Crippen molar-refractivity contribution in [3.05, 3.63) is 50.9 Å². The van der Waals surface area contributed by atoms with E-state index in [2.05, 4.69) is 9.97 Å². The van der Waals surface area contributed by atoms with Crippen molar-refractivity contribution >= 4 is 27.6 Å². The summed E-state index contributed by atoms with van der Waals surface area (Å²) in [6.07, 6.45) is 0.720. The van der Waals surface area contributed by atoms with Crippen molar-refractivity contribution in [2.24, 2.45) is 0 Å². The molecule has 1 aromatic heterocycles. The maximum Gasteiger partial charge on any atom is 0.255 e. The number of hydrogen-bond donors (Lipinski definition) is 1. The number of aromatic nitrogens is 2. The average molecular weight is 425 g/mol. The molecule has 0 unspecified atom stereocenters. The van der Waals surface area contributed by atoms with Gasteiger partial charge in [-0.15, -0.1) is 0 Å². The number of fused-ring (bicyclic) bond motifs is 1. The van der Waals surface area contributed by atoms with Gasteiger partial charge in [0.2, 0.25) is 16.0 Å². The lowest BCUT2D eigenvalue weighted by atomic mass is 10.1. The largest absolute Gasteiger partial charge is 0.378 e. The smallest absolute Gasteiger partial charge is 0.255 e. The summed E-state index contributed by atoms with van der Waals surface area (Å²) in [6, 6.07) is 6.11. The third-order valence-corrected chi connectivity index (χ3v) is 7.22. The number of nitrogens with zero attached hydrogens (tertiary/aromatic N) is 3. The van der Waals surface area contributed by atoms with Gasteiger partial charge >= 0.3 is 0 Å². The molecule has 1 saturated heterocycles. The molecule has 0 atom stereocenters. The number of halogens is 1. The number of ether oxygens (including phenoxy) is 1. The summed E-state index contributed by atoms with van der Waals surface area (Å²) >= 11 is 5.86. The van der Waals surface area contributed by atoms with Crippen LogP contribution in [0.1, 0.15) is 11.3 Å². The highest BCUT2D eigenvalue weighted by Crippen LogP contribution is 2.22. The predicted octanol–water partition coefficient (Wildman–Crippen LogP) is 1.05. The van der Waals surface area contributed by atoms with E-state index in [1.54, 1.807) is 12.1 Å². The Kier molecular flexibility index (Phi) is 5.42. The van der Waals surface area contributed by atoms with Gasteiger partial charge in [0.1, 0.15) is 0 Å². The Morgan fingerprint density at radius 1 is 1.04 bits per heavy atom. The van der Waals surface area contributed by atoms with Crippen molar-refractivity contribution in [1.29, 1.82) is 0 Å². The van der Waals surface area contributed by atoms with E-state index in [1.165, 1.54) is 16.4 Å². The van der Waals surface area contributed by atoms with Gasteiger partial charge in [-0.05, 0) is 30.7 Å². The minimum atomic E-state index is -3.66. The molecule has 0 spiro atoms. The van der Waals surface area contributed by atoms with Crippen molar-refractivity contribution in [2.45, 2.75) is 17.7 Å². The molecule has 28 heavy (non-hydrogen) atoms. The maximum absolute atomic E-state index is 13.0. The average Bonchev–Trinajstić information content (AvgIpc) is 2.92. The third-order valence-electron chi connectivity index (χ3n) is 5.06. The molecule has 4 rings (SSSR count). The van der Waals surface area contributed by atoms with E-state index < -0.39 is 10.0 Å². The molecule has 0 aliphatic carbocycles. The molecule has 1 N–H and O–H groups in total. The van der Waals surface area contributed by atoms with Crippen LogP contribution in [0, 0.1) is 0 Å². The summed E-state index contributed by atoms with van der Waals surface area (Å²) in [5.41, 5.74) is 1.03. The summed E-state index contributed by atoms with van der Waals surface area (Å²) in [4.78, 5) is 22.3. The van der Waals surface area contributed by atoms with E-state index in [0.717, 1.165) is 0 Å². The Balaban J connectivity index is 1.59. The van der Waals surface area contributed by atoms with Crippen molar-refractivity contribution in [3.63, 3.8) is 0 Å². The van der Waals surface area contributed by atoms with Crippen LogP contribution in [-0.4, -0.2) is 62.1 Å². The number of H-pyrrole nitrogens is 1. The van der Waals surface area contributed by atoms with Gasteiger partial charge in [-0.25, -0.2) is 13.4 Å². The number of sulfonamides is 1. The van der Waals surface area contributed by atoms with Crippen LogP contribution in [0.25, 0.3) is 0 Å². The first-order valence-electron chi connectivity index (χ1n) is 9.15. The van der Waals surface area contributed by atoms with Crippen LogP contribution >= 0.6 is 11.6 Å². The van der Waals surface area contributed by atoms with E-state index in [1.807, 2.05) is 4.90 Å². The van der Waals surface area contributed by atoms with Crippen LogP contribution in [0.5, 0.6) is 0 Å². The fraction of sp³-hybridized carbons (Fsp3) is 0.444. The van der Waals surface area contributed by atoms with Gasteiger partial charge in [0.25, 0.3) is 5.56 Å². The van der Waals surface area contributed by atoms with Crippen molar-refractivity contribution in [2.75, 3.05) is 44.3 Å². The molecular weight excluding hydrogens is 404 g/mol. The molecule has 2 aromatic rings. The van der Waals surface area contributed by atoms with E-state index in [4.69, 9.17) is 16.3 Å². The van der Waals surface area contributed by atoms with Crippen LogP contribution in [-0.2, 0) is 27.6 Å². The van der Waals surface area contributed by atoms with Crippen LogP contribution in [0.2, 0.25) is 5.02 Å². The van der Waals surface area contributed by atoms with Gasteiger partial charge in [0.15, 0.2) is 0 Å². The van der Waals surface area contributed by atoms with Gasteiger partial charge in [-0.2, -0.15) is 4.31 Å². The minimum absolute atomic E-state index is 0.193. The first-order valence-corrected chi connectivity index (χ1v) is 11.0. The monoisotopic (exact) mass is 424 g/mol. The quantitative estimate of drug-likeness (QED) is 0.791. The Labute approximate surface area is 168 Å².